The number of benzene rings is 1. The monoisotopic (exact) mass is 340 g/mol. The average Bonchev–Trinajstić information content (AvgIpc) is 2.96. The summed E-state index contributed by atoms with van der Waals surface area (Å²) >= 11 is 7.10. The highest BCUT2D eigenvalue weighted by molar-refractivity contribution is 9.09. The number of rotatable bonds is 3. The van der Waals surface area contributed by atoms with Crippen molar-refractivity contribution in [1.29, 1.82) is 0 Å². The molecule has 0 radical (unpaired) electrons. The highest BCUT2D eigenvalue weighted by atomic mass is 79.9. The molecule has 0 fully saturated rings. The third-order valence-corrected chi connectivity index (χ3v) is 5.87. The molecule has 3 rings (SSSR count). The van der Waals surface area contributed by atoms with Gasteiger partial charge < -0.3 is 0 Å². The largest absolute Gasteiger partial charge is 0.207 e. The first-order valence-electron chi connectivity index (χ1n) is 5.56. The van der Waals surface area contributed by atoms with Gasteiger partial charge in [-0.3, -0.25) is 0 Å². The smallest absolute Gasteiger partial charge is 0.124 e. The highest BCUT2D eigenvalue weighted by Crippen LogP contribution is 2.36. The molecule has 3 aromatic rings. The molecule has 0 spiro atoms. The fraction of sp³-hybridized carbons (Fsp3) is 0.143. The van der Waals surface area contributed by atoms with Crippen molar-refractivity contribution in [2.24, 2.45) is 0 Å². The summed E-state index contributed by atoms with van der Waals surface area (Å²) in [6.07, 6.45) is 0.971. The van der Waals surface area contributed by atoms with Gasteiger partial charge in [0.1, 0.15) is 5.82 Å². The Morgan fingerprint density at radius 3 is 2.89 bits per heavy atom. The van der Waals surface area contributed by atoms with Crippen LogP contribution in [0.4, 0.5) is 4.39 Å². The minimum Gasteiger partial charge on any atom is -0.207 e. The van der Waals surface area contributed by atoms with Gasteiger partial charge >= 0.3 is 0 Å². The van der Waals surface area contributed by atoms with Gasteiger partial charge in [-0.05, 0) is 52.4 Å². The SMILES string of the molecule is Fc1ccc2cc(C(Br)Cc3ccsc3)sc2c1. The van der Waals surface area contributed by atoms with Gasteiger partial charge in [0.2, 0.25) is 0 Å². The maximum atomic E-state index is 13.1. The molecule has 0 aliphatic carbocycles. The number of fused-ring (bicyclic) bond motifs is 1. The minimum atomic E-state index is -0.167. The molecule has 0 saturated carbocycles. The van der Waals surface area contributed by atoms with Gasteiger partial charge in [0.15, 0.2) is 0 Å². The Morgan fingerprint density at radius 1 is 1.22 bits per heavy atom. The van der Waals surface area contributed by atoms with Crippen LogP contribution in [0.25, 0.3) is 10.1 Å². The summed E-state index contributed by atoms with van der Waals surface area (Å²) in [7, 11) is 0. The maximum absolute atomic E-state index is 13.1. The van der Waals surface area contributed by atoms with Crippen molar-refractivity contribution in [3.63, 3.8) is 0 Å². The van der Waals surface area contributed by atoms with Crippen molar-refractivity contribution in [1.82, 2.24) is 0 Å². The summed E-state index contributed by atoms with van der Waals surface area (Å²) in [6.45, 7) is 0. The zero-order valence-electron chi connectivity index (χ0n) is 9.40. The molecule has 4 heteroatoms. The highest BCUT2D eigenvalue weighted by Gasteiger charge is 2.12. The molecular weight excluding hydrogens is 331 g/mol. The minimum absolute atomic E-state index is 0.167. The Kier molecular flexibility index (Phi) is 3.50. The molecule has 2 heterocycles. The second-order valence-electron chi connectivity index (χ2n) is 4.13. The first-order chi connectivity index (χ1) is 8.72. The number of alkyl halides is 1. The van der Waals surface area contributed by atoms with Gasteiger partial charge in [0.25, 0.3) is 0 Å². The molecule has 0 nitrogen and oxygen atoms in total. The second kappa shape index (κ2) is 5.11. The Bertz CT molecular complexity index is 658. The van der Waals surface area contributed by atoms with Crippen molar-refractivity contribution in [2.45, 2.75) is 11.2 Å². The fourth-order valence-electron chi connectivity index (χ4n) is 1.90. The topological polar surface area (TPSA) is 0 Å². The Labute approximate surface area is 121 Å². The lowest BCUT2D eigenvalue weighted by Gasteiger charge is -2.04. The molecule has 2 aromatic heterocycles. The van der Waals surface area contributed by atoms with Gasteiger partial charge in [-0.2, -0.15) is 11.3 Å². The summed E-state index contributed by atoms with van der Waals surface area (Å²) < 4.78 is 14.2. The van der Waals surface area contributed by atoms with E-state index >= 15 is 0 Å². The molecule has 0 N–H and O–H groups in total. The number of hydrogen-bond donors (Lipinski definition) is 0. The standard InChI is InChI=1S/C14H10BrFS2/c15-12(5-9-3-4-17-8-9)14-6-10-1-2-11(16)7-13(10)18-14/h1-4,6-8,12H,5H2. The predicted molar refractivity (Wildman–Crippen MR) is 81.5 cm³/mol. The zero-order valence-corrected chi connectivity index (χ0v) is 12.6. The molecule has 1 unspecified atom stereocenters. The lowest BCUT2D eigenvalue weighted by atomic mass is 10.1. The molecular formula is C14H10BrFS2. The van der Waals surface area contributed by atoms with Crippen molar-refractivity contribution in [3.05, 3.63) is 57.3 Å². The summed E-state index contributed by atoms with van der Waals surface area (Å²) in [6, 6.07) is 9.25. The van der Waals surface area contributed by atoms with Crippen LogP contribution in [-0.4, -0.2) is 0 Å². The van der Waals surface area contributed by atoms with Crippen LogP contribution in [0, 0.1) is 5.82 Å². The van der Waals surface area contributed by atoms with Crippen LogP contribution in [0.1, 0.15) is 15.3 Å². The number of hydrogen-bond acceptors (Lipinski definition) is 2. The molecule has 0 aliphatic rings. The van der Waals surface area contributed by atoms with Crippen molar-refractivity contribution < 1.29 is 4.39 Å². The van der Waals surface area contributed by atoms with Crippen molar-refractivity contribution >= 4 is 48.7 Å². The van der Waals surface area contributed by atoms with E-state index in [0.29, 0.717) is 4.83 Å². The van der Waals surface area contributed by atoms with Gasteiger partial charge in [0.05, 0.1) is 4.83 Å². The Balaban J connectivity index is 1.89. The van der Waals surface area contributed by atoms with E-state index in [-0.39, 0.29) is 5.82 Å². The van der Waals surface area contributed by atoms with Gasteiger partial charge in [0, 0.05) is 9.58 Å². The molecule has 1 aromatic carbocycles. The van der Waals surface area contributed by atoms with Crippen LogP contribution in [0.3, 0.4) is 0 Å². The average molecular weight is 341 g/mol. The van der Waals surface area contributed by atoms with E-state index in [2.05, 4.69) is 38.8 Å². The van der Waals surface area contributed by atoms with E-state index in [0.717, 1.165) is 16.5 Å². The van der Waals surface area contributed by atoms with Gasteiger partial charge in [-0.15, -0.1) is 11.3 Å². The molecule has 18 heavy (non-hydrogen) atoms. The number of halogens is 2. The quantitative estimate of drug-likeness (QED) is 0.530. The lowest BCUT2D eigenvalue weighted by molar-refractivity contribution is 0.630. The molecule has 0 aliphatic heterocycles. The summed E-state index contributed by atoms with van der Waals surface area (Å²) in [5.41, 5.74) is 1.34. The van der Waals surface area contributed by atoms with E-state index in [1.165, 1.54) is 16.5 Å². The molecule has 0 amide bonds. The predicted octanol–water partition coefficient (Wildman–Crippen LogP) is 5.78. The zero-order chi connectivity index (χ0) is 12.5. The van der Waals surface area contributed by atoms with Crippen LogP contribution in [-0.2, 0) is 6.42 Å². The summed E-state index contributed by atoms with van der Waals surface area (Å²) in [4.78, 5) is 1.55. The molecule has 92 valence electrons. The van der Waals surface area contributed by atoms with Crippen LogP contribution in [0.2, 0.25) is 0 Å². The Hall–Kier alpha value is -0.710. The maximum Gasteiger partial charge on any atom is 0.124 e. The van der Waals surface area contributed by atoms with Gasteiger partial charge in [-0.25, -0.2) is 4.39 Å². The fourth-order valence-corrected chi connectivity index (χ4v) is 4.43. The molecule has 0 bridgehead atoms. The second-order valence-corrected chi connectivity index (χ2v) is 7.13. The Morgan fingerprint density at radius 2 is 2.11 bits per heavy atom. The van der Waals surface area contributed by atoms with E-state index in [9.17, 15) is 4.39 Å². The van der Waals surface area contributed by atoms with Crippen LogP contribution >= 0.6 is 38.6 Å². The van der Waals surface area contributed by atoms with Crippen molar-refractivity contribution in [2.75, 3.05) is 0 Å². The molecule has 0 saturated heterocycles. The van der Waals surface area contributed by atoms with E-state index in [4.69, 9.17) is 0 Å². The number of thiophene rings is 2. The van der Waals surface area contributed by atoms with E-state index in [1.807, 2.05) is 6.07 Å². The summed E-state index contributed by atoms with van der Waals surface area (Å²) in [5.74, 6) is -0.167. The van der Waals surface area contributed by atoms with E-state index < -0.39 is 0 Å². The van der Waals surface area contributed by atoms with Gasteiger partial charge in [-0.1, -0.05) is 22.0 Å². The lowest BCUT2D eigenvalue weighted by Crippen LogP contribution is -1.90. The third-order valence-electron chi connectivity index (χ3n) is 2.80. The van der Waals surface area contributed by atoms with Crippen LogP contribution in [0.5, 0.6) is 0 Å². The third kappa shape index (κ3) is 2.51. The first kappa shape index (κ1) is 12.3. The normalized spacial score (nSPS) is 13.0. The van der Waals surface area contributed by atoms with Crippen molar-refractivity contribution in [3.8, 4) is 0 Å². The van der Waals surface area contributed by atoms with Crippen LogP contribution < -0.4 is 0 Å². The molecule has 1 atom stereocenters. The summed E-state index contributed by atoms with van der Waals surface area (Å²) in [5, 5.41) is 5.38. The van der Waals surface area contributed by atoms with Crippen LogP contribution in [0.15, 0.2) is 41.1 Å². The first-order valence-corrected chi connectivity index (χ1v) is 8.24. The van der Waals surface area contributed by atoms with E-state index in [1.54, 1.807) is 28.7 Å².